The molecule has 0 aliphatic carbocycles. The minimum absolute atomic E-state index is 0.0518. The van der Waals surface area contributed by atoms with Crippen molar-refractivity contribution in [2.24, 2.45) is 0 Å². The van der Waals surface area contributed by atoms with Crippen LogP contribution in [0.2, 0.25) is 5.02 Å². The van der Waals surface area contributed by atoms with Crippen molar-refractivity contribution in [2.45, 2.75) is 44.1 Å². The number of carboxylic acid groups (broad SMARTS) is 1. The van der Waals surface area contributed by atoms with Gasteiger partial charge in [-0.05, 0) is 55.2 Å². The van der Waals surface area contributed by atoms with Gasteiger partial charge in [0.05, 0.1) is 5.60 Å². The second-order valence-electron chi connectivity index (χ2n) is 9.34. The minimum Gasteiger partial charge on any atom is -0.489 e. The van der Waals surface area contributed by atoms with E-state index >= 15 is 0 Å². The van der Waals surface area contributed by atoms with Crippen LogP contribution in [0.1, 0.15) is 30.4 Å². The number of piperidine rings is 1. The molecular formula is C25H31BrClN3O4. The van der Waals surface area contributed by atoms with Gasteiger partial charge < -0.3 is 20.3 Å². The lowest BCUT2D eigenvalue weighted by Crippen LogP contribution is -2.50. The van der Waals surface area contributed by atoms with E-state index in [1.807, 2.05) is 36.4 Å². The van der Waals surface area contributed by atoms with Crippen LogP contribution in [0.4, 0.5) is 4.79 Å². The number of halogens is 2. The number of hydrogen-bond donors (Lipinski definition) is 3. The third kappa shape index (κ3) is 7.09. The molecule has 2 heterocycles. The van der Waals surface area contributed by atoms with Gasteiger partial charge in [0.25, 0.3) is 0 Å². The van der Waals surface area contributed by atoms with Crippen LogP contribution in [0.5, 0.6) is 5.75 Å². The molecule has 0 radical (unpaired) electrons. The molecule has 7 nitrogen and oxygen atoms in total. The number of hydrogen-bond acceptors (Lipinski definition) is 5. The second kappa shape index (κ2) is 11.3. The SMILES string of the molecule is O=C(O)NC1CCN(CC2(O)CCN(Cc3cc(Br)ccc3OCc3ccc(Cl)cc3)CC2)C1. The zero-order valence-corrected chi connectivity index (χ0v) is 21.4. The van der Waals surface area contributed by atoms with E-state index in [0.29, 0.717) is 37.6 Å². The first-order valence-corrected chi connectivity index (χ1v) is 12.8. The molecule has 34 heavy (non-hydrogen) atoms. The third-order valence-corrected chi connectivity index (χ3v) is 7.37. The summed E-state index contributed by atoms with van der Waals surface area (Å²) in [6.07, 6.45) is 1.18. The lowest BCUT2D eigenvalue weighted by atomic mass is 9.90. The Morgan fingerprint density at radius 3 is 2.59 bits per heavy atom. The van der Waals surface area contributed by atoms with Gasteiger partial charge >= 0.3 is 6.09 Å². The fraction of sp³-hybridized carbons (Fsp3) is 0.480. The number of aliphatic hydroxyl groups is 1. The molecule has 1 atom stereocenters. The smallest absolute Gasteiger partial charge is 0.404 e. The lowest BCUT2D eigenvalue weighted by molar-refractivity contribution is -0.0433. The van der Waals surface area contributed by atoms with Crippen LogP contribution in [-0.4, -0.2) is 70.5 Å². The number of amides is 1. The number of nitrogens with zero attached hydrogens (tertiary/aromatic N) is 2. The molecule has 1 amide bonds. The molecule has 3 N–H and O–H groups in total. The molecule has 184 valence electrons. The standard InChI is InChI=1S/C25H31BrClN3O4/c26-20-3-6-23(34-16-18-1-4-21(27)5-2-18)19(13-20)14-29-11-8-25(33,9-12-29)17-30-10-7-22(15-30)28-24(31)32/h1-6,13,22,28,33H,7-12,14-17H2,(H,31,32). The molecule has 2 saturated heterocycles. The first kappa shape index (κ1) is 25.3. The Kier molecular flexibility index (Phi) is 8.37. The van der Waals surface area contributed by atoms with E-state index in [1.165, 1.54) is 0 Å². The summed E-state index contributed by atoms with van der Waals surface area (Å²) >= 11 is 9.55. The first-order chi connectivity index (χ1) is 16.3. The van der Waals surface area contributed by atoms with Crippen LogP contribution in [0.25, 0.3) is 0 Å². The van der Waals surface area contributed by atoms with E-state index in [1.54, 1.807) is 0 Å². The summed E-state index contributed by atoms with van der Waals surface area (Å²) in [5, 5.41) is 23.3. The van der Waals surface area contributed by atoms with Gasteiger partial charge in [0.2, 0.25) is 0 Å². The van der Waals surface area contributed by atoms with Crippen molar-refractivity contribution in [3.63, 3.8) is 0 Å². The Morgan fingerprint density at radius 1 is 1.15 bits per heavy atom. The average Bonchev–Trinajstić information content (AvgIpc) is 3.21. The first-order valence-electron chi connectivity index (χ1n) is 11.6. The molecule has 0 spiro atoms. The van der Waals surface area contributed by atoms with Crippen molar-refractivity contribution in [3.05, 3.63) is 63.1 Å². The van der Waals surface area contributed by atoms with Crippen molar-refractivity contribution in [3.8, 4) is 5.75 Å². The average molecular weight is 553 g/mol. The molecule has 9 heteroatoms. The molecule has 0 saturated carbocycles. The molecule has 2 aliphatic rings. The number of ether oxygens (including phenoxy) is 1. The van der Waals surface area contributed by atoms with Crippen molar-refractivity contribution < 1.29 is 19.7 Å². The van der Waals surface area contributed by atoms with Crippen LogP contribution in [0.3, 0.4) is 0 Å². The highest BCUT2D eigenvalue weighted by atomic mass is 79.9. The Bertz CT molecular complexity index is 983. The van der Waals surface area contributed by atoms with E-state index in [2.05, 4.69) is 37.1 Å². The number of likely N-dealkylation sites (tertiary alicyclic amines) is 2. The van der Waals surface area contributed by atoms with Crippen molar-refractivity contribution >= 4 is 33.6 Å². The zero-order valence-electron chi connectivity index (χ0n) is 19.1. The maximum absolute atomic E-state index is 11.2. The number of β-amino-alcohol motifs (C(OH)–C–C–N with tert-alkyl or cyclic N) is 1. The van der Waals surface area contributed by atoms with Crippen molar-refractivity contribution in [2.75, 3.05) is 32.7 Å². The van der Waals surface area contributed by atoms with E-state index < -0.39 is 11.7 Å². The van der Waals surface area contributed by atoms with E-state index in [4.69, 9.17) is 21.4 Å². The van der Waals surface area contributed by atoms with Gasteiger partial charge in [-0.15, -0.1) is 0 Å². The van der Waals surface area contributed by atoms with Crippen LogP contribution in [0.15, 0.2) is 46.9 Å². The minimum atomic E-state index is -0.983. The largest absolute Gasteiger partial charge is 0.489 e. The van der Waals surface area contributed by atoms with Crippen LogP contribution in [0, 0.1) is 0 Å². The zero-order chi connectivity index (χ0) is 24.1. The topological polar surface area (TPSA) is 85.3 Å². The Balaban J connectivity index is 1.30. The summed E-state index contributed by atoms with van der Waals surface area (Å²) in [5.41, 5.74) is 1.43. The predicted octanol–water partition coefficient (Wildman–Crippen LogP) is 4.35. The number of rotatable bonds is 8. The normalized spacial score (nSPS) is 20.9. The molecule has 2 aliphatic heterocycles. The van der Waals surface area contributed by atoms with Crippen LogP contribution < -0.4 is 10.1 Å². The summed E-state index contributed by atoms with van der Waals surface area (Å²) in [6.45, 7) is 4.87. The molecule has 2 aromatic carbocycles. The van der Waals surface area contributed by atoms with Gasteiger partial charge in [0.1, 0.15) is 12.4 Å². The molecule has 2 fully saturated rings. The van der Waals surface area contributed by atoms with Crippen molar-refractivity contribution in [1.29, 1.82) is 0 Å². The van der Waals surface area contributed by atoms with Gasteiger partial charge in [-0.25, -0.2) is 4.79 Å². The number of nitrogens with one attached hydrogen (secondary N) is 1. The fourth-order valence-electron chi connectivity index (χ4n) is 4.77. The quantitative estimate of drug-likeness (QED) is 0.452. The van der Waals surface area contributed by atoms with E-state index in [0.717, 1.165) is 53.9 Å². The van der Waals surface area contributed by atoms with E-state index in [-0.39, 0.29) is 6.04 Å². The van der Waals surface area contributed by atoms with Crippen LogP contribution in [-0.2, 0) is 13.2 Å². The lowest BCUT2D eigenvalue weighted by Gasteiger charge is -2.40. The maximum Gasteiger partial charge on any atom is 0.404 e. The summed E-state index contributed by atoms with van der Waals surface area (Å²) < 4.78 is 7.14. The monoisotopic (exact) mass is 551 g/mol. The van der Waals surface area contributed by atoms with Gasteiger partial charge in [0.15, 0.2) is 0 Å². The van der Waals surface area contributed by atoms with Gasteiger partial charge in [-0.2, -0.15) is 0 Å². The van der Waals surface area contributed by atoms with Crippen LogP contribution >= 0.6 is 27.5 Å². The summed E-state index contributed by atoms with van der Waals surface area (Å²) in [7, 11) is 0. The molecule has 4 rings (SSSR count). The van der Waals surface area contributed by atoms with E-state index in [9.17, 15) is 9.90 Å². The Labute approximate surface area is 213 Å². The highest BCUT2D eigenvalue weighted by molar-refractivity contribution is 9.10. The molecule has 1 unspecified atom stereocenters. The maximum atomic E-state index is 11.2. The Hall–Kier alpha value is -1.84. The number of carbonyl (C=O) groups is 1. The third-order valence-electron chi connectivity index (χ3n) is 6.63. The molecule has 0 bridgehead atoms. The number of benzene rings is 2. The van der Waals surface area contributed by atoms with Gasteiger partial charge in [-0.1, -0.05) is 39.7 Å². The molecule has 0 aromatic heterocycles. The fourth-order valence-corrected chi connectivity index (χ4v) is 5.30. The summed E-state index contributed by atoms with van der Waals surface area (Å²) in [6, 6.07) is 13.7. The summed E-state index contributed by atoms with van der Waals surface area (Å²) in [5.74, 6) is 0.855. The molecule has 2 aromatic rings. The second-order valence-corrected chi connectivity index (χ2v) is 10.7. The predicted molar refractivity (Wildman–Crippen MR) is 135 cm³/mol. The Morgan fingerprint density at radius 2 is 1.88 bits per heavy atom. The summed E-state index contributed by atoms with van der Waals surface area (Å²) in [4.78, 5) is 15.4. The molecular weight excluding hydrogens is 522 g/mol. The highest BCUT2D eigenvalue weighted by Gasteiger charge is 2.36. The van der Waals surface area contributed by atoms with Gasteiger partial charge in [-0.3, -0.25) is 9.80 Å². The highest BCUT2D eigenvalue weighted by Crippen LogP contribution is 2.30. The van der Waals surface area contributed by atoms with Crippen molar-refractivity contribution in [1.82, 2.24) is 15.1 Å². The van der Waals surface area contributed by atoms with Gasteiger partial charge in [0, 0.05) is 60.4 Å².